The number of rotatable bonds is 7. The predicted octanol–water partition coefficient (Wildman–Crippen LogP) is 1.93. The molecule has 1 aromatic carbocycles. The van der Waals surface area contributed by atoms with E-state index in [2.05, 4.69) is 5.32 Å². The van der Waals surface area contributed by atoms with Gasteiger partial charge in [-0.3, -0.25) is 9.59 Å². The van der Waals surface area contributed by atoms with E-state index in [1.54, 1.807) is 19.1 Å². The van der Waals surface area contributed by atoms with E-state index in [9.17, 15) is 24.9 Å². The van der Waals surface area contributed by atoms with Crippen LogP contribution in [0.25, 0.3) is 0 Å². The van der Waals surface area contributed by atoms with Gasteiger partial charge >= 0.3 is 0 Å². The molecule has 0 unspecified atom stereocenters. The zero-order valence-corrected chi connectivity index (χ0v) is 18.6. The largest absolute Gasteiger partial charge is 0.388 e. The van der Waals surface area contributed by atoms with Gasteiger partial charge < -0.3 is 20.6 Å². The van der Waals surface area contributed by atoms with Gasteiger partial charge in [-0.25, -0.2) is 0 Å². The van der Waals surface area contributed by atoms with Crippen molar-refractivity contribution in [3.05, 3.63) is 59.2 Å². The highest BCUT2D eigenvalue weighted by Crippen LogP contribution is 2.48. The van der Waals surface area contributed by atoms with Crippen molar-refractivity contribution in [3.63, 3.8) is 0 Å². The third-order valence-electron chi connectivity index (χ3n) is 7.04. The van der Waals surface area contributed by atoms with Gasteiger partial charge in [-0.1, -0.05) is 55.0 Å². The van der Waals surface area contributed by atoms with E-state index >= 15 is 0 Å². The predicted molar refractivity (Wildman–Crippen MR) is 118 cm³/mol. The summed E-state index contributed by atoms with van der Waals surface area (Å²) in [5.74, 6) is -2.36. The zero-order valence-electron chi connectivity index (χ0n) is 18.6. The van der Waals surface area contributed by atoms with Crippen LogP contribution in [0.3, 0.4) is 0 Å². The SMILES string of the molecule is CC(=O)[C@H](O)[C@@H](C)CC=C[C@H]1[C@H](O)C(C)=C(C)[C@H]2[C@H](Cc3ccccc3)NC(=O)[C@@]12O. The Morgan fingerprint density at radius 3 is 2.48 bits per heavy atom. The Morgan fingerprint density at radius 2 is 1.87 bits per heavy atom. The fourth-order valence-electron chi connectivity index (χ4n) is 5.05. The van der Waals surface area contributed by atoms with Gasteiger partial charge in [0.05, 0.1) is 6.10 Å². The molecule has 0 aromatic heterocycles. The van der Waals surface area contributed by atoms with E-state index in [4.69, 9.17) is 0 Å². The lowest BCUT2D eigenvalue weighted by Crippen LogP contribution is -2.56. The van der Waals surface area contributed by atoms with Gasteiger partial charge in [0, 0.05) is 17.9 Å². The van der Waals surface area contributed by atoms with E-state index in [1.165, 1.54) is 6.92 Å². The lowest BCUT2D eigenvalue weighted by atomic mass is 9.63. The van der Waals surface area contributed by atoms with Crippen LogP contribution >= 0.6 is 0 Å². The summed E-state index contributed by atoms with van der Waals surface area (Å²) in [6.45, 7) is 6.82. The molecule has 1 heterocycles. The Labute approximate surface area is 183 Å². The number of Topliss-reactive ketones (excluding diaryl/α,β-unsaturated/α-hetero) is 1. The second-order valence-corrected chi connectivity index (χ2v) is 9.11. The second kappa shape index (κ2) is 9.07. The summed E-state index contributed by atoms with van der Waals surface area (Å²) in [5.41, 5.74) is 0.893. The highest BCUT2D eigenvalue weighted by atomic mass is 16.3. The molecule has 1 amide bonds. The maximum absolute atomic E-state index is 13.0. The van der Waals surface area contributed by atoms with Crippen LogP contribution in [0.15, 0.2) is 53.6 Å². The number of nitrogens with one attached hydrogen (secondary N) is 1. The van der Waals surface area contributed by atoms with Gasteiger partial charge in [0.2, 0.25) is 0 Å². The summed E-state index contributed by atoms with van der Waals surface area (Å²) < 4.78 is 0. The van der Waals surface area contributed by atoms with Crippen LogP contribution in [-0.2, 0) is 16.0 Å². The molecule has 0 spiro atoms. The molecular weight excluding hydrogens is 394 g/mol. The lowest BCUT2D eigenvalue weighted by Gasteiger charge is -2.43. The molecule has 1 aliphatic carbocycles. The molecule has 1 aromatic rings. The average molecular weight is 428 g/mol. The fourth-order valence-corrected chi connectivity index (χ4v) is 5.05. The molecule has 1 saturated heterocycles. The zero-order chi connectivity index (χ0) is 22.9. The first kappa shape index (κ1) is 23.4. The van der Waals surface area contributed by atoms with E-state index in [0.29, 0.717) is 12.8 Å². The number of hydrogen-bond acceptors (Lipinski definition) is 5. The molecule has 0 bridgehead atoms. The minimum atomic E-state index is -1.76. The minimum Gasteiger partial charge on any atom is -0.388 e. The molecule has 1 aliphatic heterocycles. The number of hydrogen-bond donors (Lipinski definition) is 4. The first-order valence-corrected chi connectivity index (χ1v) is 10.9. The average Bonchev–Trinajstić information content (AvgIpc) is 2.99. The molecule has 3 rings (SSSR count). The fraction of sp³-hybridized carbons (Fsp3) is 0.520. The minimum absolute atomic E-state index is 0.281. The monoisotopic (exact) mass is 427 g/mol. The number of benzene rings is 1. The summed E-state index contributed by atoms with van der Waals surface area (Å²) in [5, 5.41) is 35.5. The number of ketones is 1. The van der Waals surface area contributed by atoms with Crippen molar-refractivity contribution in [3.8, 4) is 0 Å². The number of aliphatic hydroxyl groups excluding tert-OH is 2. The molecule has 4 N–H and O–H groups in total. The second-order valence-electron chi connectivity index (χ2n) is 9.11. The van der Waals surface area contributed by atoms with E-state index in [-0.39, 0.29) is 17.7 Å². The van der Waals surface area contributed by atoms with Crippen LogP contribution in [0.2, 0.25) is 0 Å². The molecule has 31 heavy (non-hydrogen) atoms. The van der Waals surface area contributed by atoms with Crippen molar-refractivity contribution >= 4 is 11.7 Å². The summed E-state index contributed by atoms with van der Waals surface area (Å²) in [7, 11) is 0. The lowest BCUT2D eigenvalue weighted by molar-refractivity contribution is -0.147. The Balaban J connectivity index is 1.89. The first-order valence-electron chi connectivity index (χ1n) is 10.9. The molecule has 168 valence electrons. The van der Waals surface area contributed by atoms with Gasteiger partial charge in [-0.05, 0) is 50.7 Å². The molecule has 6 heteroatoms. The van der Waals surface area contributed by atoms with Gasteiger partial charge in [0.25, 0.3) is 5.91 Å². The van der Waals surface area contributed by atoms with Crippen molar-refractivity contribution in [2.45, 2.75) is 64.4 Å². The van der Waals surface area contributed by atoms with E-state index in [1.807, 2.05) is 44.2 Å². The van der Waals surface area contributed by atoms with Crippen molar-refractivity contribution in [2.24, 2.45) is 17.8 Å². The van der Waals surface area contributed by atoms with Crippen LogP contribution in [-0.4, -0.2) is 50.9 Å². The number of fused-ring (bicyclic) bond motifs is 1. The maximum atomic E-state index is 13.0. The standard InChI is InChI=1S/C25H33NO5/c1-14(22(28)17(4)27)9-8-12-19-23(29)16(3)15(2)21-20(26-24(30)25(19,21)31)13-18-10-6-5-7-11-18/h5-8,10-12,14,19-23,28-29,31H,9,13H2,1-4H3,(H,26,30)/t14-,19-,20-,21-,22+,23+,25+/m0/s1. The third-order valence-corrected chi connectivity index (χ3v) is 7.04. The van der Waals surface area contributed by atoms with Crippen LogP contribution in [0.5, 0.6) is 0 Å². The number of allylic oxidation sites excluding steroid dienone is 1. The van der Waals surface area contributed by atoms with Gasteiger partial charge in [-0.15, -0.1) is 0 Å². The quantitative estimate of drug-likeness (QED) is 0.498. The molecule has 0 radical (unpaired) electrons. The summed E-state index contributed by atoms with van der Waals surface area (Å²) >= 11 is 0. The van der Waals surface area contributed by atoms with Gasteiger partial charge in [-0.2, -0.15) is 0 Å². The first-order chi connectivity index (χ1) is 14.6. The van der Waals surface area contributed by atoms with Crippen molar-refractivity contribution in [1.82, 2.24) is 5.32 Å². The van der Waals surface area contributed by atoms with Crippen LogP contribution in [0.1, 0.15) is 39.7 Å². The van der Waals surface area contributed by atoms with Crippen LogP contribution in [0.4, 0.5) is 0 Å². The molecule has 0 saturated carbocycles. The Kier molecular flexibility index (Phi) is 6.84. The molecule has 6 nitrogen and oxygen atoms in total. The summed E-state index contributed by atoms with van der Waals surface area (Å²) in [6, 6.07) is 9.53. The Morgan fingerprint density at radius 1 is 1.23 bits per heavy atom. The van der Waals surface area contributed by atoms with Crippen LogP contribution < -0.4 is 5.32 Å². The topological polar surface area (TPSA) is 107 Å². The number of amides is 1. The van der Waals surface area contributed by atoms with Gasteiger partial charge in [0.15, 0.2) is 11.4 Å². The summed E-state index contributed by atoms with van der Waals surface area (Å²) in [6.07, 6.45) is 2.32. The number of carbonyl (C=O) groups excluding carboxylic acids is 2. The highest BCUT2D eigenvalue weighted by Gasteiger charge is 2.62. The highest BCUT2D eigenvalue weighted by molar-refractivity contribution is 5.90. The number of carbonyl (C=O) groups is 2. The van der Waals surface area contributed by atoms with E-state index < -0.39 is 35.6 Å². The normalized spacial score (nSPS) is 32.7. The van der Waals surface area contributed by atoms with Crippen molar-refractivity contribution < 1.29 is 24.9 Å². The van der Waals surface area contributed by atoms with Crippen molar-refractivity contribution in [1.29, 1.82) is 0 Å². The van der Waals surface area contributed by atoms with E-state index in [0.717, 1.165) is 16.7 Å². The Hall–Kier alpha value is -2.28. The molecular formula is C25H33NO5. The maximum Gasteiger partial charge on any atom is 0.253 e. The van der Waals surface area contributed by atoms with Gasteiger partial charge in [0.1, 0.15) is 6.10 Å². The molecule has 7 atom stereocenters. The Bertz CT molecular complexity index is 892. The molecule has 1 fully saturated rings. The number of aliphatic hydroxyl groups is 3. The van der Waals surface area contributed by atoms with Crippen LogP contribution in [0, 0.1) is 17.8 Å². The third kappa shape index (κ3) is 4.25. The summed E-state index contributed by atoms with van der Waals surface area (Å²) in [4.78, 5) is 24.4. The molecule has 2 aliphatic rings. The van der Waals surface area contributed by atoms with Crippen molar-refractivity contribution in [2.75, 3.05) is 0 Å². The smallest absolute Gasteiger partial charge is 0.253 e.